The van der Waals surface area contributed by atoms with Crippen molar-refractivity contribution < 1.29 is 14.6 Å². The van der Waals surface area contributed by atoms with Gasteiger partial charge >= 0.3 is 5.97 Å². The molecule has 3 nitrogen and oxygen atoms in total. The molecule has 0 spiro atoms. The van der Waals surface area contributed by atoms with Crippen molar-refractivity contribution in [1.82, 2.24) is 0 Å². The predicted molar refractivity (Wildman–Crippen MR) is 47.8 cm³/mol. The average Bonchev–Trinajstić information content (AvgIpc) is 2.39. The quantitative estimate of drug-likeness (QED) is 0.391. The largest absolute Gasteiger partial charge is 0.446 e. The Bertz CT molecular complexity index is 236. The molecule has 0 aliphatic carbocycles. The first-order chi connectivity index (χ1) is 6.24. The monoisotopic (exact) mass is 182 g/mol. The lowest BCUT2D eigenvalue weighted by Gasteiger charge is -2.03. The fourth-order valence-corrected chi connectivity index (χ4v) is 1.11. The molecule has 1 rings (SSSR count). The highest BCUT2D eigenvalue weighted by Crippen LogP contribution is 2.13. The number of esters is 1. The molecule has 2 unspecified atom stereocenters. The lowest BCUT2D eigenvalue weighted by atomic mass is 10.2. The molecular weight excluding hydrogens is 168 g/mol. The first-order valence-electron chi connectivity index (χ1n) is 4.60. The minimum Gasteiger partial charge on any atom is -0.446 e. The minimum absolute atomic E-state index is 0.0765. The van der Waals surface area contributed by atoms with E-state index < -0.39 is 12.2 Å². The van der Waals surface area contributed by atoms with Gasteiger partial charge in [-0.2, -0.15) is 0 Å². The van der Waals surface area contributed by atoms with Crippen LogP contribution in [0.5, 0.6) is 0 Å². The Kier molecular flexibility index (Phi) is 3.78. The summed E-state index contributed by atoms with van der Waals surface area (Å²) in [7, 11) is 0. The van der Waals surface area contributed by atoms with Gasteiger partial charge in [0, 0.05) is 6.42 Å². The van der Waals surface area contributed by atoms with E-state index in [1.165, 1.54) is 0 Å². The zero-order valence-electron chi connectivity index (χ0n) is 7.75. The Morgan fingerprint density at radius 2 is 2.46 bits per heavy atom. The van der Waals surface area contributed by atoms with E-state index in [9.17, 15) is 9.90 Å². The van der Waals surface area contributed by atoms with Gasteiger partial charge in [0.05, 0.1) is 6.42 Å². The Morgan fingerprint density at radius 1 is 1.69 bits per heavy atom. The topological polar surface area (TPSA) is 46.5 Å². The van der Waals surface area contributed by atoms with Gasteiger partial charge < -0.3 is 9.84 Å². The number of unbranched alkanes of at least 4 members (excludes halogenated alkanes) is 2. The van der Waals surface area contributed by atoms with Crippen molar-refractivity contribution in [2.75, 3.05) is 0 Å². The molecule has 1 fully saturated rings. The molecule has 72 valence electrons. The molecular formula is C10H14O3. The summed E-state index contributed by atoms with van der Waals surface area (Å²) in [4.78, 5) is 10.7. The van der Waals surface area contributed by atoms with Crippen LogP contribution in [0.2, 0.25) is 0 Å². The number of aliphatic hydroxyl groups excluding tert-OH is 1. The predicted octanol–water partition coefficient (Wildman–Crippen LogP) is 0.856. The van der Waals surface area contributed by atoms with Gasteiger partial charge in [0.15, 0.2) is 6.10 Å². The van der Waals surface area contributed by atoms with Crippen LogP contribution in [0.25, 0.3) is 0 Å². The third-order valence-corrected chi connectivity index (χ3v) is 1.88. The Morgan fingerprint density at radius 3 is 3.00 bits per heavy atom. The van der Waals surface area contributed by atoms with Crippen LogP contribution in [-0.2, 0) is 9.53 Å². The summed E-state index contributed by atoms with van der Waals surface area (Å²) in [6, 6.07) is 0. The third-order valence-electron chi connectivity index (χ3n) is 1.88. The Balaban J connectivity index is 2.34. The molecule has 0 radical (unpaired) electrons. The van der Waals surface area contributed by atoms with Crippen molar-refractivity contribution in [3.05, 3.63) is 0 Å². The number of carbonyl (C=O) groups excluding carboxylic acids is 1. The lowest BCUT2D eigenvalue weighted by Crippen LogP contribution is -2.18. The normalized spacial score (nSPS) is 26.5. The van der Waals surface area contributed by atoms with Crippen molar-refractivity contribution in [1.29, 1.82) is 0 Å². The molecule has 1 aliphatic rings. The van der Waals surface area contributed by atoms with Gasteiger partial charge in [-0.05, 0) is 6.42 Å². The molecule has 1 saturated heterocycles. The molecule has 13 heavy (non-hydrogen) atoms. The molecule has 0 aromatic heterocycles. The van der Waals surface area contributed by atoms with E-state index in [0.29, 0.717) is 0 Å². The van der Waals surface area contributed by atoms with Crippen LogP contribution in [0.15, 0.2) is 0 Å². The van der Waals surface area contributed by atoms with E-state index in [2.05, 4.69) is 18.8 Å². The fourth-order valence-electron chi connectivity index (χ4n) is 1.11. The van der Waals surface area contributed by atoms with Crippen LogP contribution in [0.4, 0.5) is 0 Å². The molecule has 0 saturated carbocycles. The first-order valence-corrected chi connectivity index (χ1v) is 4.60. The SMILES string of the molecule is CCCCC#CC1OC(=O)CC1O. The average molecular weight is 182 g/mol. The van der Waals surface area contributed by atoms with Crippen LogP contribution < -0.4 is 0 Å². The number of cyclic esters (lactones) is 1. The molecule has 3 heteroatoms. The maximum atomic E-state index is 10.7. The second-order valence-electron chi connectivity index (χ2n) is 3.11. The molecule has 0 amide bonds. The number of ether oxygens (including phenoxy) is 1. The standard InChI is InChI=1S/C10H14O3/c1-2-3-4-5-6-9-8(11)7-10(12)13-9/h8-9,11H,2-4,7H2,1H3. The van der Waals surface area contributed by atoms with E-state index in [-0.39, 0.29) is 12.4 Å². The number of hydrogen-bond donors (Lipinski definition) is 1. The zero-order chi connectivity index (χ0) is 9.68. The summed E-state index contributed by atoms with van der Waals surface area (Å²) in [5.74, 6) is 5.29. The van der Waals surface area contributed by atoms with E-state index in [0.717, 1.165) is 19.3 Å². The van der Waals surface area contributed by atoms with Crippen LogP contribution in [0.1, 0.15) is 32.6 Å². The second kappa shape index (κ2) is 4.88. The Labute approximate surface area is 78.1 Å². The molecule has 0 aromatic rings. The summed E-state index contributed by atoms with van der Waals surface area (Å²) in [6.07, 6.45) is 1.70. The Hall–Kier alpha value is -1.01. The van der Waals surface area contributed by atoms with Crippen LogP contribution in [0, 0.1) is 11.8 Å². The molecule has 1 heterocycles. The highest BCUT2D eigenvalue weighted by Gasteiger charge is 2.31. The summed E-state index contributed by atoms with van der Waals surface area (Å²) in [6.45, 7) is 2.09. The van der Waals surface area contributed by atoms with E-state index in [1.54, 1.807) is 0 Å². The smallest absolute Gasteiger partial charge is 0.309 e. The number of rotatable bonds is 2. The molecule has 0 bridgehead atoms. The van der Waals surface area contributed by atoms with Gasteiger partial charge in [-0.1, -0.05) is 25.2 Å². The van der Waals surface area contributed by atoms with Gasteiger partial charge in [0.25, 0.3) is 0 Å². The molecule has 2 atom stereocenters. The number of carbonyl (C=O) groups is 1. The highest BCUT2D eigenvalue weighted by atomic mass is 16.6. The minimum atomic E-state index is -0.735. The van der Waals surface area contributed by atoms with Crippen molar-refractivity contribution in [2.45, 2.75) is 44.8 Å². The van der Waals surface area contributed by atoms with Crippen molar-refractivity contribution >= 4 is 5.97 Å². The maximum absolute atomic E-state index is 10.7. The van der Waals surface area contributed by atoms with Gasteiger partial charge in [-0.15, -0.1) is 0 Å². The zero-order valence-corrected chi connectivity index (χ0v) is 7.75. The second-order valence-corrected chi connectivity index (χ2v) is 3.11. The van der Waals surface area contributed by atoms with E-state index >= 15 is 0 Å². The van der Waals surface area contributed by atoms with Crippen LogP contribution in [-0.4, -0.2) is 23.3 Å². The number of aliphatic hydroxyl groups is 1. The van der Waals surface area contributed by atoms with Crippen molar-refractivity contribution in [2.24, 2.45) is 0 Å². The molecule has 1 N–H and O–H groups in total. The van der Waals surface area contributed by atoms with Crippen molar-refractivity contribution in [3.8, 4) is 11.8 Å². The van der Waals surface area contributed by atoms with Crippen LogP contribution in [0.3, 0.4) is 0 Å². The summed E-state index contributed by atoms with van der Waals surface area (Å²) < 4.78 is 4.79. The van der Waals surface area contributed by atoms with E-state index in [1.807, 2.05) is 0 Å². The first kappa shape index (κ1) is 10.1. The lowest BCUT2D eigenvalue weighted by molar-refractivity contribution is -0.139. The fraction of sp³-hybridized carbons (Fsp3) is 0.700. The number of hydrogen-bond acceptors (Lipinski definition) is 3. The summed E-state index contributed by atoms with van der Waals surface area (Å²) >= 11 is 0. The van der Waals surface area contributed by atoms with Crippen LogP contribution >= 0.6 is 0 Å². The third kappa shape index (κ3) is 3.08. The van der Waals surface area contributed by atoms with Crippen molar-refractivity contribution in [3.63, 3.8) is 0 Å². The molecule has 1 aliphatic heterocycles. The van der Waals surface area contributed by atoms with Gasteiger partial charge in [0.1, 0.15) is 6.10 Å². The van der Waals surface area contributed by atoms with E-state index in [4.69, 9.17) is 4.74 Å². The maximum Gasteiger partial charge on any atom is 0.309 e. The highest BCUT2D eigenvalue weighted by molar-refractivity contribution is 5.73. The van der Waals surface area contributed by atoms with Gasteiger partial charge in [0.2, 0.25) is 0 Å². The summed E-state index contributed by atoms with van der Waals surface area (Å²) in [5, 5.41) is 9.27. The molecule has 0 aromatic carbocycles. The van der Waals surface area contributed by atoms with Gasteiger partial charge in [-0.25, -0.2) is 0 Å². The van der Waals surface area contributed by atoms with Gasteiger partial charge in [-0.3, -0.25) is 4.79 Å². The summed E-state index contributed by atoms with van der Waals surface area (Å²) in [5.41, 5.74) is 0.